The number of amides is 2. The van der Waals surface area contributed by atoms with Crippen molar-refractivity contribution in [3.05, 3.63) is 88.9 Å². The predicted molar refractivity (Wildman–Crippen MR) is 119 cm³/mol. The highest BCUT2D eigenvalue weighted by Crippen LogP contribution is 2.26. The monoisotopic (exact) mass is 487 g/mol. The fraction of sp³-hybridized carbons (Fsp3) is 0.0476. The van der Waals surface area contributed by atoms with E-state index in [9.17, 15) is 18.0 Å². The Morgan fingerprint density at radius 2 is 1.60 bits per heavy atom. The third-order valence-electron chi connectivity index (χ3n) is 4.17. The molecule has 0 unspecified atom stereocenters. The van der Waals surface area contributed by atoms with E-state index in [1.807, 2.05) is 0 Å². The summed E-state index contributed by atoms with van der Waals surface area (Å²) in [6.07, 6.45) is 0. The third-order valence-corrected chi connectivity index (χ3v) is 6.45. The minimum Gasteiger partial charge on any atom is -0.366 e. The van der Waals surface area contributed by atoms with Crippen molar-refractivity contribution in [3.8, 4) is 0 Å². The van der Waals surface area contributed by atoms with Crippen molar-refractivity contribution >= 4 is 49.1 Å². The van der Waals surface area contributed by atoms with Crippen LogP contribution in [0.4, 0.5) is 11.4 Å². The Morgan fingerprint density at radius 1 is 0.933 bits per heavy atom. The lowest BCUT2D eigenvalue weighted by molar-refractivity contribution is -0.114. The van der Waals surface area contributed by atoms with Crippen LogP contribution in [-0.2, 0) is 14.8 Å². The number of sulfonamides is 1. The molecule has 2 amide bonds. The first kappa shape index (κ1) is 21.5. The zero-order chi connectivity index (χ0) is 21.7. The van der Waals surface area contributed by atoms with Gasteiger partial charge in [0.2, 0.25) is 11.8 Å². The molecular formula is C21H18BrN3O4S. The number of carbonyl (C=O) groups is 2. The zero-order valence-corrected chi connectivity index (χ0v) is 18.1. The van der Waals surface area contributed by atoms with Gasteiger partial charge < -0.3 is 11.1 Å². The van der Waals surface area contributed by atoms with Crippen LogP contribution >= 0.6 is 15.9 Å². The summed E-state index contributed by atoms with van der Waals surface area (Å²) in [6.45, 7) is -0.439. The SMILES string of the molecule is NC(=O)c1ccc(NC(=O)CN(c2cccc(Br)c2)S(=O)(=O)c2ccccc2)cc1. The Morgan fingerprint density at radius 3 is 2.20 bits per heavy atom. The molecule has 3 aromatic rings. The van der Waals surface area contributed by atoms with Gasteiger partial charge in [-0.15, -0.1) is 0 Å². The molecule has 0 radical (unpaired) electrons. The van der Waals surface area contributed by atoms with Crippen LogP contribution in [0, 0.1) is 0 Å². The van der Waals surface area contributed by atoms with E-state index in [4.69, 9.17) is 5.73 Å². The minimum absolute atomic E-state index is 0.0728. The molecular weight excluding hydrogens is 470 g/mol. The third kappa shape index (κ3) is 5.05. The average molecular weight is 488 g/mol. The summed E-state index contributed by atoms with van der Waals surface area (Å²) in [4.78, 5) is 23.9. The molecule has 0 aliphatic carbocycles. The van der Waals surface area contributed by atoms with Gasteiger partial charge in [0.05, 0.1) is 10.6 Å². The van der Waals surface area contributed by atoms with Gasteiger partial charge in [-0.1, -0.05) is 40.2 Å². The number of primary amides is 1. The molecule has 3 aromatic carbocycles. The van der Waals surface area contributed by atoms with Crippen LogP contribution < -0.4 is 15.4 Å². The summed E-state index contributed by atoms with van der Waals surface area (Å²) in [5.41, 5.74) is 6.26. The van der Waals surface area contributed by atoms with E-state index in [-0.39, 0.29) is 4.90 Å². The summed E-state index contributed by atoms with van der Waals surface area (Å²) in [6, 6.07) is 20.6. The molecule has 3 N–H and O–H groups in total. The molecule has 0 aromatic heterocycles. The number of carbonyl (C=O) groups excluding carboxylic acids is 2. The minimum atomic E-state index is -3.99. The van der Waals surface area contributed by atoms with Crippen LogP contribution in [0.2, 0.25) is 0 Å². The highest BCUT2D eigenvalue weighted by atomic mass is 79.9. The molecule has 0 saturated carbocycles. The van der Waals surface area contributed by atoms with Gasteiger partial charge in [-0.25, -0.2) is 8.42 Å². The van der Waals surface area contributed by atoms with E-state index in [1.165, 1.54) is 36.4 Å². The highest BCUT2D eigenvalue weighted by molar-refractivity contribution is 9.10. The van der Waals surface area contributed by atoms with Gasteiger partial charge in [-0.3, -0.25) is 13.9 Å². The molecule has 0 atom stereocenters. The molecule has 0 bridgehead atoms. The number of halogens is 1. The number of benzene rings is 3. The summed E-state index contributed by atoms with van der Waals surface area (Å²) in [7, 11) is -3.99. The zero-order valence-electron chi connectivity index (χ0n) is 15.7. The van der Waals surface area contributed by atoms with Gasteiger partial charge in [0, 0.05) is 15.7 Å². The molecule has 154 valence electrons. The number of hydrogen-bond donors (Lipinski definition) is 2. The van der Waals surface area contributed by atoms with Crippen molar-refractivity contribution in [2.75, 3.05) is 16.2 Å². The maximum absolute atomic E-state index is 13.2. The molecule has 9 heteroatoms. The Balaban J connectivity index is 1.89. The first-order chi connectivity index (χ1) is 14.3. The van der Waals surface area contributed by atoms with E-state index in [2.05, 4.69) is 21.2 Å². The second-order valence-corrected chi connectivity index (χ2v) is 9.07. The van der Waals surface area contributed by atoms with Crippen LogP contribution in [0.1, 0.15) is 10.4 Å². The highest BCUT2D eigenvalue weighted by Gasteiger charge is 2.27. The average Bonchev–Trinajstić information content (AvgIpc) is 2.73. The maximum Gasteiger partial charge on any atom is 0.264 e. The van der Waals surface area contributed by atoms with Crippen molar-refractivity contribution < 1.29 is 18.0 Å². The van der Waals surface area contributed by atoms with Crippen molar-refractivity contribution in [3.63, 3.8) is 0 Å². The van der Waals surface area contributed by atoms with Crippen molar-refractivity contribution in [1.82, 2.24) is 0 Å². The van der Waals surface area contributed by atoms with E-state index in [0.717, 1.165) is 4.31 Å². The normalized spacial score (nSPS) is 11.0. The molecule has 0 fully saturated rings. The van der Waals surface area contributed by atoms with Gasteiger partial charge in [-0.2, -0.15) is 0 Å². The van der Waals surface area contributed by atoms with Crippen LogP contribution in [0.15, 0.2) is 88.2 Å². The van der Waals surface area contributed by atoms with E-state index in [0.29, 0.717) is 21.4 Å². The van der Waals surface area contributed by atoms with Gasteiger partial charge in [0.1, 0.15) is 6.54 Å². The standard InChI is InChI=1S/C21H18BrN3O4S/c22-16-5-4-6-18(13-16)25(30(28,29)19-7-2-1-3-8-19)14-20(26)24-17-11-9-15(10-12-17)21(23)27/h1-13H,14H2,(H2,23,27)(H,24,26). The Hall–Kier alpha value is -3.17. The molecule has 30 heavy (non-hydrogen) atoms. The Kier molecular flexibility index (Phi) is 6.53. The summed E-state index contributed by atoms with van der Waals surface area (Å²) in [5, 5.41) is 2.64. The van der Waals surface area contributed by atoms with Gasteiger partial charge in [0.25, 0.3) is 10.0 Å². The fourth-order valence-corrected chi connectivity index (χ4v) is 4.54. The van der Waals surface area contributed by atoms with Gasteiger partial charge in [-0.05, 0) is 54.6 Å². The number of nitrogens with zero attached hydrogens (tertiary/aromatic N) is 1. The second kappa shape index (κ2) is 9.10. The number of nitrogens with one attached hydrogen (secondary N) is 1. The molecule has 0 aliphatic rings. The Labute approximate surface area is 182 Å². The predicted octanol–water partition coefficient (Wildman–Crippen LogP) is 3.38. The first-order valence-electron chi connectivity index (χ1n) is 8.80. The largest absolute Gasteiger partial charge is 0.366 e. The lowest BCUT2D eigenvalue weighted by atomic mass is 10.2. The Bertz CT molecular complexity index is 1170. The lowest BCUT2D eigenvalue weighted by Crippen LogP contribution is -2.38. The number of hydrogen-bond acceptors (Lipinski definition) is 4. The molecule has 0 aliphatic heterocycles. The summed E-state index contributed by atoms with van der Waals surface area (Å²) >= 11 is 3.33. The van der Waals surface area contributed by atoms with Crippen LogP contribution in [-0.4, -0.2) is 26.8 Å². The topological polar surface area (TPSA) is 110 Å². The number of nitrogens with two attached hydrogens (primary N) is 1. The van der Waals surface area contributed by atoms with Crippen LogP contribution in [0.25, 0.3) is 0 Å². The van der Waals surface area contributed by atoms with E-state index >= 15 is 0 Å². The second-order valence-electron chi connectivity index (χ2n) is 6.29. The number of rotatable bonds is 7. The quantitative estimate of drug-likeness (QED) is 0.532. The fourth-order valence-electron chi connectivity index (χ4n) is 2.71. The van der Waals surface area contributed by atoms with E-state index < -0.39 is 28.4 Å². The van der Waals surface area contributed by atoms with Crippen molar-refractivity contribution in [1.29, 1.82) is 0 Å². The molecule has 3 rings (SSSR count). The maximum atomic E-state index is 13.2. The van der Waals surface area contributed by atoms with Crippen molar-refractivity contribution in [2.45, 2.75) is 4.90 Å². The smallest absolute Gasteiger partial charge is 0.264 e. The first-order valence-corrected chi connectivity index (χ1v) is 11.0. The summed E-state index contributed by atoms with van der Waals surface area (Å²) < 4.78 is 28.2. The number of anilines is 2. The molecule has 0 saturated heterocycles. The molecule has 0 spiro atoms. The molecule has 0 heterocycles. The van der Waals surface area contributed by atoms with Gasteiger partial charge in [0.15, 0.2) is 0 Å². The van der Waals surface area contributed by atoms with Crippen LogP contribution in [0.3, 0.4) is 0 Å². The van der Waals surface area contributed by atoms with Crippen molar-refractivity contribution in [2.24, 2.45) is 5.73 Å². The molecule has 7 nitrogen and oxygen atoms in total. The summed E-state index contributed by atoms with van der Waals surface area (Å²) in [5.74, 6) is -1.12. The van der Waals surface area contributed by atoms with Crippen LogP contribution in [0.5, 0.6) is 0 Å². The van der Waals surface area contributed by atoms with E-state index in [1.54, 1.807) is 42.5 Å². The lowest BCUT2D eigenvalue weighted by Gasteiger charge is -2.24. The van der Waals surface area contributed by atoms with Gasteiger partial charge >= 0.3 is 0 Å².